The third-order valence-corrected chi connectivity index (χ3v) is 3.83. The maximum Gasteiger partial charge on any atom is 0.168 e. The highest BCUT2D eigenvalue weighted by Crippen LogP contribution is 2.29. The van der Waals surface area contributed by atoms with Crippen molar-refractivity contribution < 1.29 is 4.39 Å². The van der Waals surface area contributed by atoms with Gasteiger partial charge in [0.1, 0.15) is 10.5 Å². The summed E-state index contributed by atoms with van der Waals surface area (Å²) in [7, 11) is 0. The highest BCUT2D eigenvalue weighted by molar-refractivity contribution is 9.08. The molecule has 0 aliphatic heterocycles. The number of halogens is 3. The number of hydrogen-bond acceptors (Lipinski definition) is 2. The van der Waals surface area contributed by atoms with Crippen molar-refractivity contribution in [2.75, 3.05) is 0 Å². The average molecular weight is 281 g/mol. The Labute approximate surface area is 91.7 Å². The van der Waals surface area contributed by atoms with Crippen LogP contribution in [0.1, 0.15) is 5.01 Å². The Morgan fingerprint density at radius 1 is 1.54 bits per heavy atom. The molecule has 0 atom stereocenters. The molecule has 0 saturated heterocycles. The fourth-order valence-electron chi connectivity index (χ4n) is 1.04. The van der Waals surface area contributed by atoms with Crippen LogP contribution in [0.5, 0.6) is 0 Å². The van der Waals surface area contributed by atoms with E-state index in [9.17, 15) is 4.39 Å². The molecule has 2 rings (SSSR count). The summed E-state index contributed by atoms with van der Waals surface area (Å²) >= 11 is 10.4. The van der Waals surface area contributed by atoms with E-state index in [-0.39, 0.29) is 5.02 Å². The third-order valence-electron chi connectivity index (χ3n) is 1.61. The van der Waals surface area contributed by atoms with Crippen LogP contribution < -0.4 is 0 Å². The lowest BCUT2D eigenvalue weighted by Gasteiger charge is -1.92. The summed E-state index contributed by atoms with van der Waals surface area (Å²) in [5.74, 6) is -0.428. The van der Waals surface area contributed by atoms with Crippen LogP contribution in [-0.2, 0) is 5.33 Å². The largest absolute Gasteiger partial charge is 0.237 e. The van der Waals surface area contributed by atoms with E-state index in [4.69, 9.17) is 11.6 Å². The summed E-state index contributed by atoms with van der Waals surface area (Å²) in [6, 6.07) is 3.33. The minimum absolute atomic E-state index is 0.124. The zero-order valence-electron chi connectivity index (χ0n) is 6.35. The first-order chi connectivity index (χ1) is 6.22. The lowest BCUT2D eigenvalue weighted by molar-refractivity contribution is 0.637. The highest BCUT2D eigenvalue weighted by Gasteiger charge is 2.10. The Balaban J connectivity index is 2.76. The van der Waals surface area contributed by atoms with Crippen molar-refractivity contribution in [2.45, 2.75) is 5.33 Å². The molecule has 0 aliphatic rings. The smallest absolute Gasteiger partial charge is 0.168 e. The zero-order chi connectivity index (χ0) is 9.42. The third kappa shape index (κ3) is 1.58. The van der Waals surface area contributed by atoms with Crippen LogP contribution in [0.4, 0.5) is 4.39 Å². The van der Waals surface area contributed by atoms with E-state index >= 15 is 0 Å². The molecule has 13 heavy (non-hydrogen) atoms. The van der Waals surface area contributed by atoms with Crippen molar-refractivity contribution in [3.05, 3.63) is 28.0 Å². The molecule has 0 fully saturated rings. The molecule has 68 valence electrons. The van der Waals surface area contributed by atoms with Gasteiger partial charge in [0.2, 0.25) is 0 Å². The van der Waals surface area contributed by atoms with Crippen LogP contribution >= 0.6 is 38.9 Å². The first-order valence-electron chi connectivity index (χ1n) is 3.51. The SMILES string of the molecule is Fc1c(Cl)ccc2sc(CBr)nc12. The maximum absolute atomic E-state index is 13.3. The Morgan fingerprint density at radius 3 is 3.00 bits per heavy atom. The van der Waals surface area contributed by atoms with Crippen molar-refractivity contribution in [1.29, 1.82) is 0 Å². The number of alkyl halides is 1. The monoisotopic (exact) mass is 279 g/mol. The van der Waals surface area contributed by atoms with Gasteiger partial charge in [0.25, 0.3) is 0 Å². The van der Waals surface area contributed by atoms with E-state index in [1.54, 1.807) is 12.1 Å². The van der Waals surface area contributed by atoms with Crippen LogP contribution in [0, 0.1) is 5.82 Å². The number of hydrogen-bond donors (Lipinski definition) is 0. The molecule has 1 aromatic heterocycles. The van der Waals surface area contributed by atoms with Gasteiger partial charge in [-0.3, -0.25) is 0 Å². The number of fused-ring (bicyclic) bond motifs is 1. The van der Waals surface area contributed by atoms with Gasteiger partial charge in [-0.15, -0.1) is 11.3 Å². The molecular weight excluding hydrogens is 277 g/mol. The highest BCUT2D eigenvalue weighted by atomic mass is 79.9. The Hall–Kier alpha value is -0.190. The van der Waals surface area contributed by atoms with Gasteiger partial charge in [0.05, 0.1) is 15.1 Å². The Bertz CT molecular complexity index is 457. The van der Waals surface area contributed by atoms with E-state index in [2.05, 4.69) is 20.9 Å². The normalized spacial score (nSPS) is 11.0. The van der Waals surface area contributed by atoms with E-state index in [1.807, 2.05) is 0 Å². The summed E-state index contributed by atoms with van der Waals surface area (Å²) in [4.78, 5) is 4.10. The molecule has 0 aliphatic carbocycles. The van der Waals surface area contributed by atoms with Crippen molar-refractivity contribution in [3.8, 4) is 0 Å². The van der Waals surface area contributed by atoms with Gasteiger partial charge >= 0.3 is 0 Å². The van der Waals surface area contributed by atoms with Gasteiger partial charge in [-0.2, -0.15) is 0 Å². The number of rotatable bonds is 1. The second kappa shape index (κ2) is 3.52. The van der Waals surface area contributed by atoms with Crippen molar-refractivity contribution in [1.82, 2.24) is 4.98 Å². The first kappa shape index (κ1) is 9.37. The average Bonchev–Trinajstić information content (AvgIpc) is 2.55. The molecule has 0 unspecified atom stereocenters. The molecular formula is C8H4BrClFNS. The number of thiazole rings is 1. The van der Waals surface area contributed by atoms with Crippen LogP contribution in [-0.4, -0.2) is 4.98 Å². The molecule has 0 saturated carbocycles. The summed E-state index contributed by atoms with van der Waals surface area (Å²) in [6.45, 7) is 0. The van der Waals surface area contributed by atoms with Crippen molar-refractivity contribution in [2.24, 2.45) is 0 Å². The quantitative estimate of drug-likeness (QED) is 0.720. The zero-order valence-corrected chi connectivity index (χ0v) is 9.51. The van der Waals surface area contributed by atoms with Crippen molar-refractivity contribution in [3.63, 3.8) is 0 Å². The van der Waals surface area contributed by atoms with Gasteiger partial charge in [-0.05, 0) is 12.1 Å². The molecule has 0 spiro atoms. The van der Waals surface area contributed by atoms with E-state index < -0.39 is 5.82 Å². The van der Waals surface area contributed by atoms with Crippen molar-refractivity contribution >= 4 is 49.1 Å². The van der Waals surface area contributed by atoms with E-state index in [1.165, 1.54) is 11.3 Å². The number of aromatic nitrogens is 1. The summed E-state index contributed by atoms with van der Waals surface area (Å²) in [5, 5.41) is 1.62. The predicted octanol–water partition coefficient (Wildman–Crippen LogP) is 3.98. The second-order valence-electron chi connectivity index (χ2n) is 2.45. The fraction of sp³-hybridized carbons (Fsp3) is 0.125. The predicted molar refractivity (Wildman–Crippen MR) is 57.2 cm³/mol. The number of benzene rings is 1. The summed E-state index contributed by atoms with van der Waals surface area (Å²) < 4.78 is 14.2. The maximum atomic E-state index is 13.3. The Kier molecular flexibility index (Phi) is 2.53. The van der Waals surface area contributed by atoms with Crippen LogP contribution in [0.25, 0.3) is 10.2 Å². The minimum Gasteiger partial charge on any atom is -0.237 e. The van der Waals surface area contributed by atoms with E-state index in [0.29, 0.717) is 10.8 Å². The van der Waals surface area contributed by atoms with E-state index in [0.717, 1.165) is 9.71 Å². The standard InChI is InChI=1S/C8H4BrClFNS/c9-3-6-12-8-5(13-6)2-1-4(10)7(8)11/h1-2H,3H2. The molecule has 5 heteroatoms. The molecule has 1 nitrogen and oxygen atoms in total. The topological polar surface area (TPSA) is 12.9 Å². The Morgan fingerprint density at radius 2 is 2.31 bits per heavy atom. The summed E-state index contributed by atoms with van der Waals surface area (Å²) in [5.41, 5.74) is 0.368. The van der Waals surface area contributed by atoms with Gasteiger partial charge in [0.15, 0.2) is 5.82 Å². The molecule has 1 aromatic carbocycles. The number of nitrogens with zero attached hydrogens (tertiary/aromatic N) is 1. The van der Waals surface area contributed by atoms with Crippen LogP contribution in [0.2, 0.25) is 5.02 Å². The minimum atomic E-state index is -0.428. The van der Waals surface area contributed by atoms with Gasteiger partial charge in [-0.1, -0.05) is 27.5 Å². The molecule has 2 aromatic rings. The second-order valence-corrected chi connectivity index (χ2v) is 4.53. The fourth-order valence-corrected chi connectivity index (χ4v) is 2.47. The first-order valence-corrected chi connectivity index (χ1v) is 5.83. The van der Waals surface area contributed by atoms with Gasteiger partial charge < -0.3 is 0 Å². The lowest BCUT2D eigenvalue weighted by atomic mass is 10.3. The van der Waals surface area contributed by atoms with Crippen LogP contribution in [0.15, 0.2) is 12.1 Å². The molecule has 0 bridgehead atoms. The van der Waals surface area contributed by atoms with Gasteiger partial charge in [-0.25, -0.2) is 9.37 Å². The molecule has 1 heterocycles. The van der Waals surface area contributed by atoms with Crippen LogP contribution in [0.3, 0.4) is 0 Å². The lowest BCUT2D eigenvalue weighted by Crippen LogP contribution is -1.80. The molecule has 0 amide bonds. The summed E-state index contributed by atoms with van der Waals surface area (Å²) in [6.07, 6.45) is 0. The molecule has 0 radical (unpaired) electrons. The van der Waals surface area contributed by atoms with Gasteiger partial charge in [0, 0.05) is 0 Å². The molecule has 0 N–H and O–H groups in total.